The first-order valence-corrected chi connectivity index (χ1v) is 12.9. The Morgan fingerprint density at radius 1 is 0.676 bits per heavy atom. The summed E-state index contributed by atoms with van der Waals surface area (Å²) in [7, 11) is -3.52. The van der Waals surface area contributed by atoms with Crippen LogP contribution in [0.15, 0.2) is 86.4 Å². The van der Waals surface area contributed by atoms with Crippen molar-refractivity contribution in [3.8, 4) is 11.5 Å². The fourth-order valence-electron chi connectivity index (χ4n) is 3.37. The third-order valence-corrected chi connectivity index (χ3v) is 8.80. The van der Waals surface area contributed by atoms with E-state index >= 15 is 0 Å². The maximum atomic E-state index is 13.5. The molecular weight excluding hydrogens is 478 g/mol. The second-order valence-corrected chi connectivity index (χ2v) is 11.0. The monoisotopic (exact) mass is 499 g/mol. The lowest BCUT2D eigenvalue weighted by Crippen LogP contribution is -2.09. The molecule has 176 valence electrons. The first kappa shape index (κ1) is 23.5. The zero-order valence-electron chi connectivity index (χ0n) is 18.5. The van der Waals surface area contributed by atoms with Crippen LogP contribution in [0.2, 0.25) is 0 Å². The van der Waals surface area contributed by atoms with Crippen molar-refractivity contribution in [1.82, 2.24) is 9.97 Å². The molecule has 0 aliphatic carbocycles. The number of fused-ring (bicyclic) bond motifs is 1. The minimum atomic E-state index is -4.05. The van der Waals surface area contributed by atoms with E-state index in [4.69, 9.17) is 9.47 Å². The zero-order valence-corrected chi connectivity index (χ0v) is 20.1. The second kappa shape index (κ2) is 8.92. The molecule has 34 heavy (non-hydrogen) atoms. The van der Waals surface area contributed by atoms with Crippen molar-refractivity contribution in [2.24, 2.45) is 0 Å². The summed E-state index contributed by atoms with van der Waals surface area (Å²) in [4.78, 5) is 8.32. The standard InChI is InChI=1S/C23H21N3O6S2/c1-24-21-14-25-22-19(33(27,28)17-8-4-15(31-2)5-9-17)12-13-20(23(22)26-21)34(29,30)18-10-6-16(32-3)7-11-18/h4-14H,1-3H3,(H,24,26). The van der Waals surface area contributed by atoms with E-state index in [9.17, 15) is 16.8 Å². The van der Waals surface area contributed by atoms with E-state index in [1.807, 2.05) is 0 Å². The lowest BCUT2D eigenvalue weighted by atomic mass is 10.3. The van der Waals surface area contributed by atoms with Crippen LogP contribution in [0.3, 0.4) is 0 Å². The van der Waals surface area contributed by atoms with Crippen LogP contribution in [0.4, 0.5) is 5.82 Å². The van der Waals surface area contributed by atoms with E-state index in [0.29, 0.717) is 11.5 Å². The quantitative estimate of drug-likeness (QED) is 0.407. The molecule has 1 N–H and O–H groups in total. The van der Waals surface area contributed by atoms with E-state index in [-0.39, 0.29) is 36.4 Å². The average Bonchev–Trinajstić information content (AvgIpc) is 2.87. The number of ether oxygens (including phenoxy) is 2. The highest BCUT2D eigenvalue weighted by molar-refractivity contribution is 7.92. The molecule has 9 nitrogen and oxygen atoms in total. The molecule has 4 aromatic rings. The van der Waals surface area contributed by atoms with Crippen LogP contribution >= 0.6 is 0 Å². The van der Waals surface area contributed by atoms with Gasteiger partial charge in [-0.2, -0.15) is 0 Å². The van der Waals surface area contributed by atoms with E-state index < -0.39 is 19.7 Å². The van der Waals surface area contributed by atoms with Crippen molar-refractivity contribution in [3.63, 3.8) is 0 Å². The molecular formula is C23H21N3O6S2. The molecule has 0 atom stereocenters. The Bertz CT molecular complexity index is 1570. The van der Waals surface area contributed by atoms with Crippen LogP contribution in [0.25, 0.3) is 11.0 Å². The van der Waals surface area contributed by atoms with Crippen LogP contribution in [0.5, 0.6) is 11.5 Å². The number of hydrogen-bond donors (Lipinski definition) is 1. The van der Waals surface area contributed by atoms with Crippen molar-refractivity contribution in [2.75, 3.05) is 26.6 Å². The Hall–Kier alpha value is -3.70. The highest BCUT2D eigenvalue weighted by atomic mass is 32.2. The maximum Gasteiger partial charge on any atom is 0.208 e. The summed E-state index contributed by atoms with van der Waals surface area (Å²) >= 11 is 0. The third kappa shape index (κ3) is 4.03. The van der Waals surface area contributed by atoms with Gasteiger partial charge in [0.15, 0.2) is 0 Å². The molecule has 4 rings (SSSR count). The Morgan fingerprint density at radius 2 is 1.12 bits per heavy atom. The smallest absolute Gasteiger partial charge is 0.208 e. The highest BCUT2D eigenvalue weighted by Crippen LogP contribution is 2.34. The van der Waals surface area contributed by atoms with Gasteiger partial charge in [0.1, 0.15) is 28.4 Å². The lowest BCUT2D eigenvalue weighted by Gasteiger charge is -2.13. The molecule has 0 saturated carbocycles. The van der Waals surface area contributed by atoms with Gasteiger partial charge in [0.25, 0.3) is 0 Å². The normalized spacial score (nSPS) is 11.9. The Morgan fingerprint density at radius 3 is 1.53 bits per heavy atom. The minimum Gasteiger partial charge on any atom is -0.497 e. The van der Waals surface area contributed by atoms with Gasteiger partial charge in [-0.1, -0.05) is 0 Å². The molecule has 0 unspecified atom stereocenters. The van der Waals surface area contributed by atoms with Crippen molar-refractivity contribution in [3.05, 3.63) is 66.9 Å². The van der Waals surface area contributed by atoms with Gasteiger partial charge in [-0.3, -0.25) is 0 Å². The van der Waals surface area contributed by atoms with Gasteiger partial charge in [-0.05, 0) is 60.7 Å². The van der Waals surface area contributed by atoms with Gasteiger partial charge in [0.05, 0.1) is 40.0 Å². The lowest BCUT2D eigenvalue weighted by molar-refractivity contribution is 0.414. The van der Waals surface area contributed by atoms with Gasteiger partial charge in [-0.15, -0.1) is 0 Å². The van der Waals surface area contributed by atoms with Crippen LogP contribution in [-0.4, -0.2) is 48.1 Å². The Kier molecular flexibility index (Phi) is 6.15. The number of nitrogens with one attached hydrogen (secondary N) is 1. The number of rotatable bonds is 7. The molecule has 1 heterocycles. The van der Waals surface area contributed by atoms with Crippen LogP contribution in [-0.2, 0) is 19.7 Å². The van der Waals surface area contributed by atoms with Gasteiger partial charge in [0, 0.05) is 7.05 Å². The Labute approximate surface area is 197 Å². The van der Waals surface area contributed by atoms with Crippen molar-refractivity contribution in [1.29, 1.82) is 0 Å². The number of nitrogens with zero attached hydrogens (tertiary/aromatic N) is 2. The highest BCUT2D eigenvalue weighted by Gasteiger charge is 2.28. The van der Waals surface area contributed by atoms with Gasteiger partial charge in [-0.25, -0.2) is 26.8 Å². The summed E-state index contributed by atoms with van der Waals surface area (Å²) in [5.74, 6) is 1.29. The van der Waals surface area contributed by atoms with Crippen LogP contribution < -0.4 is 14.8 Å². The topological polar surface area (TPSA) is 125 Å². The summed E-state index contributed by atoms with van der Waals surface area (Å²) < 4.78 is 63.9. The number of anilines is 1. The molecule has 1 aromatic heterocycles. The average molecular weight is 500 g/mol. The summed E-state index contributed by atoms with van der Waals surface area (Å²) in [6, 6.07) is 14.3. The molecule has 0 spiro atoms. The van der Waals surface area contributed by atoms with Crippen LogP contribution in [0.1, 0.15) is 0 Å². The third-order valence-electron chi connectivity index (χ3n) is 5.20. The predicted octanol–water partition coefficient (Wildman–Crippen LogP) is 3.35. The maximum absolute atomic E-state index is 13.5. The molecule has 0 saturated heterocycles. The van der Waals surface area contributed by atoms with Crippen molar-refractivity contribution < 1.29 is 26.3 Å². The number of methoxy groups -OCH3 is 2. The summed E-state index contributed by atoms with van der Waals surface area (Å²) in [5.41, 5.74) is -0.110. The summed E-state index contributed by atoms with van der Waals surface area (Å²) in [5, 5.41) is 2.81. The summed E-state index contributed by atoms with van der Waals surface area (Å²) in [6.45, 7) is 0. The van der Waals surface area contributed by atoms with E-state index in [1.54, 1.807) is 7.05 Å². The van der Waals surface area contributed by atoms with E-state index in [1.165, 1.54) is 81.1 Å². The molecule has 0 aliphatic heterocycles. The molecule has 0 radical (unpaired) electrons. The van der Waals surface area contributed by atoms with E-state index in [2.05, 4.69) is 15.3 Å². The fourth-order valence-corrected chi connectivity index (χ4v) is 6.16. The SMILES string of the molecule is CNc1cnc2c(S(=O)(=O)c3ccc(OC)cc3)ccc(S(=O)(=O)c3ccc(OC)cc3)c2n1. The largest absolute Gasteiger partial charge is 0.497 e. The fraction of sp³-hybridized carbons (Fsp3) is 0.130. The molecule has 0 amide bonds. The van der Waals surface area contributed by atoms with Crippen molar-refractivity contribution >= 4 is 36.5 Å². The second-order valence-electron chi connectivity index (χ2n) is 7.12. The van der Waals surface area contributed by atoms with Gasteiger partial charge < -0.3 is 14.8 Å². The van der Waals surface area contributed by atoms with Crippen LogP contribution in [0, 0.1) is 0 Å². The van der Waals surface area contributed by atoms with E-state index in [0.717, 1.165) is 0 Å². The number of benzene rings is 3. The van der Waals surface area contributed by atoms with Gasteiger partial charge in [0.2, 0.25) is 19.7 Å². The zero-order chi connectivity index (χ0) is 24.5. The predicted molar refractivity (Wildman–Crippen MR) is 126 cm³/mol. The number of sulfone groups is 2. The van der Waals surface area contributed by atoms with Crippen molar-refractivity contribution in [2.45, 2.75) is 19.6 Å². The molecule has 11 heteroatoms. The summed E-state index contributed by atoms with van der Waals surface area (Å²) in [6.07, 6.45) is 1.35. The molecule has 0 fully saturated rings. The molecule has 0 bridgehead atoms. The molecule has 3 aromatic carbocycles. The van der Waals surface area contributed by atoms with Gasteiger partial charge >= 0.3 is 0 Å². The first-order chi connectivity index (χ1) is 16.2. The number of hydrogen-bond acceptors (Lipinski definition) is 9. The Balaban J connectivity index is 1.95. The first-order valence-electron chi connectivity index (χ1n) is 9.98. The number of aromatic nitrogens is 2. The molecule has 0 aliphatic rings. The minimum absolute atomic E-state index is 0.0111.